The Labute approximate surface area is 150 Å². The van der Waals surface area contributed by atoms with Gasteiger partial charge in [-0.3, -0.25) is 4.55 Å². The molecule has 1 N–H and O–H groups in total. The molecule has 0 aromatic heterocycles. The third kappa shape index (κ3) is 3.40. The predicted molar refractivity (Wildman–Crippen MR) is 48.3 cm³/mol. The second-order valence-corrected chi connectivity index (χ2v) is 6.59. The second-order valence-electron chi connectivity index (χ2n) is 2.52. The molecule has 0 unspecified atom stereocenters. The molecular weight excluding hydrogens is 415 g/mol. The number of hydrogen-bond donors (Lipinski definition) is 1. The van der Waals surface area contributed by atoms with Gasteiger partial charge in [0.1, 0.15) is 0 Å². The predicted octanol–water partition coefficient (Wildman–Crippen LogP) is 0.615. The van der Waals surface area contributed by atoms with E-state index in [1.807, 2.05) is 0 Å². The quantitative estimate of drug-likeness (QED) is 0.412. The van der Waals surface area contributed by atoms with Crippen LogP contribution in [0.2, 0.25) is 0 Å². The summed E-state index contributed by atoms with van der Waals surface area (Å²) < 4.78 is 122. The van der Waals surface area contributed by atoms with Gasteiger partial charge in [-0.2, -0.15) is 34.8 Å². The van der Waals surface area contributed by atoms with Gasteiger partial charge in [-0.1, -0.05) is 0 Å². The fourth-order valence-electron chi connectivity index (χ4n) is 0.485. The third-order valence-corrected chi connectivity index (χ3v) is 3.72. The van der Waals surface area contributed by atoms with Gasteiger partial charge in [0.25, 0.3) is 0 Å². The SMILES string of the molecule is O=S(=O)(O)C(F)(F)C(F)(F)C(F)(F)S(=O)(=O)Cl.[RbH]. The van der Waals surface area contributed by atoms with E-state index in [0.717, 1.165) is 0 Å². The Balaban J connectivity index is 0. The van der Waals surface area contributed by atoms with Gasteiger partial charge in [0.05, 0.1) is 0 Å². The minimum atomic E-state index is -6.99. The summed E-state index contributed by atoms with van der Waals surface area (Å²) in [6, 6.07) is 0. The zero-order chi connectivity index (χ0) is 14.5. The van der Waals surface area contributed by atoms with Gasteiger partial charge >= 0.3 is 93.8 Å². The first-order valence-electron chi connectivity index (χ1n) is 3.05. The summed E-state index contributed by atoms with van der Waals surface area (Å²) in [5, 5.41) is -13.4. The van der Waals surface area contributed by atoms with E-state index in [9.17, 15) is 43.2 Å². The summed E-state index contributed by atoms with van der Waals surface area (Å²) in [7, 11) is -9.76. The van der Waals surface area contributed by atoms with Crippen molar-refractivity contribution in [2.75, 3.05) is 0 Å². The van der Waals surface area contributed by atoms with Crippen molar-refractivity contribution in [1.82, 2.24) is 0 Å². The van der Waals surface area contributed by atoms with Gasteiger partial charge in [-0.05, 0) is 0 Å². The van der Waals surface area contributed by atoms with Crippen molar-refractivity contribution in [1.29, 1.82) is 0 Å². The summed E-state index contributed by atoms with van der Waals surface area (Å²) in [4.78, 5) is 0. The summed E-state index contributed by atoms with van der Waals surface area (Å²) >= 11 is 0. The zero-order valence-electron chi connectivity index (χ0n) is 7.04. The summed E-state index contributed by atoms with van der Waals surface area (Å²) in [6.07, 6.45) is 0. The second kappa shape index (κ2) is 5.73. The van der Waals surface area contributed by atoms with Gasteiger partial charge in [-0.25, -0.2) is 8.42 Å². The van der Waals surface area contributed by atoms with E-state index >= 15 is 0 Å². The monoisotopic (exact) mass is 416 g/mol. The molecule has 15 heteroatoms. The molecule has 0 saturated heterocycles. The van der Waals surface area contributed by atoms with Crippen molar-refractivity contribution in [2.45, 2.75) is 16.4 Å². The van der Waals surface area contributed by atoms with Crippen LogP contribution in [0.3, 0.4) is 0 Å². The van der Waals surface area contributed by atoms with E-state index in [4.69, 9.17) is 4.55 Å². The summed E-state index contributed by atoms with van der Waals surface area (Å²) in [5.74, 6) is -6.96. The van der Waals surface area contributed by atoms with Crippen LogP contribution in [-0.2, 0) is 19.2 Å². The van der Waals surface area contributed by atoms with E-state index in [2.05, 4.69) is 10.7 Å². The molecule has 0 heterocycles. The van der Waals surface area contributed by atoms with Gasteiger partial charge in [0, 0.05) is 10.7 Å². The molecule has 0 rings (SSSR count). The maximum atomic E-state index is 12.5. The molecule has 0 aliphatic heterocycles. The van der Waals surface area contributed by atoms with Gasteiger partial charge < -0.3 is 0 Å². The topological polar surface area (TPSA) is 88.5 Å². The third-order valence-electron chi connectivity index (χ3n) is 1.36. The van der Waals surface area contributed by atoms with Gasteiger partial charge in [-0.15, -0.1) is 0 Å². The zero-order valence-corrected chi connectivity index (χ0v) is 9.43. The Morgan fingerprint density at radius 1 is 0.833 bits per heavy atom. The van der Waals surface area contributed by atoms with Crippen LogP contribution in [0.1, 0.15) is 0 Å². The number of halogens is 7. The molecule has 106 valence electrons. The van der Waals surface area contributed by atoms with Crippen molar-refractivity contribution >= 4 is 88.0 Å². The number of alkyl halides is 6. The molecule has 0 radical (unpaired) electrons. The van der Waals surface area contributed by atoms with E-state index < -0.39 is 35.6 Å². The fourth-order valence-corrected chi connectivity index (χ4v) is 1.73. The molecule has 0 aromatic rings. The fraction of sp³-hybridized carbons (Fsp3) is 1.00. The molecule has 0 spiro atoms. The Hall–Kier alpha value is 1.54. The van der Waals surface area contributed by atoms with Crippen LogP contribution in [0, 0.1) is 0 Å². The number of hydrogen-bond acceptors (Lipinski definition) is 4. The molecule has 0 fully saturated rings. The van der Waals surface area contributed by atoms with Crippen LogP contribution in [0.4, 0.5) is 26.3 Å². The van der Waals surface area contributed by atoms with Crippen molar-refractivity contribution in [3.63, 3.8) is 0 Å². The summed E-state index contributed by atoms with van der Waals surface area (Å²) in [6.45, 7) is 0. The molecule has 0 aliphatic rings. The molecule has 0 amide bonds. The van der Waals surface area contributed by atoms with Crippen LogP contribution < -0.4 is 0 Å². The Kier molecular flexibility index (Phi) is 6.95. The van der Waals surface area contributed by atoms with E-state index in [1.165, 1.54) is 0 Å². The molecule has 0 atom stereocenters. The van der Waals surface area contributed by atoms with Crippen LogP contribution in [-0.4, -0.2) is 96.0 Å². The van der Waals surface area contributed by atoms with Crippen molar-refractivity contribution in [3.8, 4) is 0 Å². The molecule has 0 aromatic carbocycles. The van der Waals surface area contributed by atoms with Crippen molar-refractivity contribution in [2.24, 2.45) is 0 Å². The van der Waals surface area contributed by atoms with E-state index in [-0.39, 0.29) is 58.2 Å². The first kappa shape index (κ1) is 21.8. The molecule has 0 aliphatic carbocycles. The van der Waals surface area contributed by atoms with Crippen LogP contribution in [0.5, 0.6) is 0 Å². The van der Waals surface area contributed by atoms with Crippen LogP contribution in [0.15, 0.2) is 0 Å². The average Bonchev–Trinajstić information content (AvgIpc) is 1.98. The van der Waals surface area contributed by atoms with Gasteiger partial charge in [0.2, 0.25) is 0 Å². The molecule has 0 bridgehead atoms. The Bertz CT molecular complexity index is 467. The molecule has 5 nitrogen and oxygen atoms in total. The first-order valence-corrected chi connectivity index (χ1v) is 6.80. The van der Waals surface area contributed by atoms with Gasteiger partial charge in [0.15, 0.2) is 0 Å². The van der Waals surface area contributed by atoms with E-state index in [0.29, 0.717) is 0 Å². The normalized spacial score (nSPS) is 15.1. The molecule has 18 heavy (non-hydrogen) atoms. The van der Waals surface area contributed by atoms with Crippen LogP contribution >= 0.6 is 10.7 Å². The van der Waals surface area contributed by atoms with Crippen LogP contribution in [0.25, 0.3) is 0 Å². The maximum absolute atomic E-state index is 12.5. The average molecular weight is 417 g/mol. The first-order chi connectivity index (χ1) is 7.00. The Morgan fingerprint density at radius 3 is 1.28 bits per heavy atom. The van der Waals surface area contributed by atoms with Crippen molar-refractivity contribution < 1.29 is 47.7 Å². The van der Waals surface area contributed by atoms with Crippen molar-refractivity contribution in [3.05, 3.63) is 0 Å². The minimum absolute atomic E-state index is 0. The number of rotatable bonds is 4. The summed E-state index contributed by atoms with van der Waals surface area (Å²) in [5.41, 5.74) is 0. The molecular formula is C3H2ClF6O5RbS2. The Morgan fingerprint density at radius 2 is 1.11 bits per heavy atom. The van der Waals surface area contributed by atoms with E-state index in [1.54, 1.807) is 0 Å². The standard InChI is InChI=1S/C3HClF6O5S2.Rb.H/c4-16(11,12)2(7,8)1(5,6)3(9,10)17(13,14)15;;/h(H,13,14,15);;. The molecule has 0 saturated carbocycles.